The Bertz CT molecular complexity index is 385. The van der Waals surface area contributed by atoms with Crippen molar-refractivity contribution >= 4 is 5.69 Å². The largest absolute Gasteiger partial charge is 0.497 e. The van der Waals surface area contributed by atoms with E-state index >= 15 is 0 Å². The highest BCUT2D eigenvalue weighted by atomic mass is 16.5. The summed E-state index contributed by atoms with van der Waals surface area (Å²) in [7, 11) is 1.66. The molecule has 1 aromatic rings. The molecule has 0 N–H and O–H groups in total. The summed E-state index contributed by atoms with van der Waals surface area (Å²) in [6, 6.07) is 7.72. The molecule has 0 bridgehead atoms. The lowest BCUT2D eigenvalue weighted by Gasteiger charge is -2.35. The summed E-state index contributed by atoms with van der Waals surface area (Å²) < 4.78 is 11.2. The van der Waals surface area contributed by atoms with Crippen LogP contribution in [0.1, 0.15) is 41.5 Å². The van der Waals surface area contributed by atoms with Crippen molar-refractivity contribution in [3.63, 3.8) is 0 Å². The van der Waals surface area contributed by atoms with Crippen molar-refractivity contribution in [2.24, 2.45) is 5.41 Å². The third-order valence-corrected chi connectivity index (χ3v) is 2.54. The summed E-state index contributed by atoms with van der Waals surface area (Å²) in [5, 5.41) is 4.71. The molecule has 0 fully saturated rings. The molecule has 0 aliphatic carbocycles. The minimum atomic E-state index is -0.214. The van der Waals surface area contributed by atoms with Gasteiger partial charge < -0.3 is 9.47 Å². The molecule has 107 valence electrons. The Morgan fingerprint density at radius 3 is 1.84 bits per heavy atom. The third kappa shape index (κ3) is 5.52. The zero-order valence-electron chi connectivity index (χ0n) is 13.2. The van der Waals surface area contributed by atoms with Gasteiger partial charge in [-0.1, -0.05) is 20.8 Å². The molecule has 1 radical (unpaired) electrons. The van der Waals surface area contributed by atoms with Crippen molar-refractivity contribution < 1.29 is 9.47 Å². The predicted octanol–water partition coefficient (Wildman–Crippen LogP) is 4.12. The molecule has 3 nitrogen and oxygen atoms in total. The van der Waals surface area contributed by atoms with Crippen molar-refractivity contribution in [3.05, 3.63) is 24.3 Å². The summed E-state index contributed by atoms with van der Waals surface area (Å²) >= 11 is 0. The number of hydrogen-bond donors (Lipinski definition) is 0. The average Bonchev–Trinajstić information content (AvgIpc) is 2.26. The van der Waals surface area contributed by atoms with Crippen LogP contribution in [-0.4, -0.2) is 18.9 Å². The highest BCUT2D eigenvalue weighted by molar-refractivity contribution is 5.40. The molecule has 0 aliphatic rings. The lowest BCUT2D eigenvalue weighted by molar-refractivity contribution is -0.115. The second kappa shape index (κ2) is 5.83. The van der Waals surface area contributed by atoms with E-state index in [2.05, 4.69) is 41.5 Å². The van der Waals surface area contributed by atoms with Crippen LogP contribution in [0.5, 0.6) is 5.75 Å². The maximum Gasteiger partial charge on any atom is 0.154 e. The molecule has 0 spiro atoms. The Labute approximate surface area is 117 Å². The average molecular weight is 264 g/mol. The van der Waals surface area contributed by atoms with Gasteiger partial charge in [0.05, 0.1) is 18.4 Å². The standard InChI is InChI=1S/C16H26NO2/c1-15(2,3)14(19-16(4,5)6)17-12-8-10-13(18-7)11-9-12/h8-11,14H,1-7H3/t14-/m0/s1. The van der Waals surface area contributed by atoms with Gasteiger partial charge in [-0.3, -0.25) is 5.32 Å². The Morgan fingerprint density at radius 2 is 1.47 bits per heavy atom. The van der Waals surface area contributed by atoms with Crippen LogP contribution in [-0.2, 0) is 4.74 Å². The van der Waals surface area contributed by atoms with Crippen LogP contribution in [0.4, 0.5) is 5.69 Å². The molecule has 0 saturated heterocycles. The molecule has 0 heterocycles. The Kier molecular flexibility index (Phi) is 4.86. The number of hydrogen-bond acceptors (Lipinski definition) is 2. The molecule has 0 saturated carbocycles. The van der Waals surface area contributed by atoms with Crippen LogP contribution >= 0.6 is 0 Å². The molecule has 1 aromatic carbocycles. The summed E-state index contributed by atoms with van der Waals surface area (Å²) in [6.45, 7) is 12.6. The first-order valence-electron chi connectivity index (χ1n) is 6.64. The lowest BCUT2D eigenvalue weighted by Crippen LogP contribution is -2.41. The van der Waals surface area contributed by atoms with Crippen LogP contribution in [0.15, 0.2) is 24.3 Å². The van der Waals surface area contributed by atoms with Crippen LogP contribution in [0.2, 0.25) is 0 Å². The van der Waals surface area contributed by atoms with E-state index in [1.807, 2.05) is 24.3 Å². The second-order valence-corrected chi connectivity index (χ2v) is 6.78. The molecule has 3 heteroatoms. The SMILES string of the molecule is COc1ccc([N][C@@H](OC(C)(C)C)C(C)(C)C)cc1. The monoisotopic (exact) mass is 264 g/mol. The summed E-state index contributed by atoms with van der Waals surface area (Å²) in [5.74, 6) is 0.836. The van der Waals surface area contributed by atoms with Crippen molar-refractivity contribution in [2.45, 2.75) is 53.4 Å². The Balaban J connectivity index is 2.82. The van der Waals surface area contributed by atoms with Gasteiger partial charge in [0.2, 0.25) is 0 Å². The number of benzene rings is 1. The van der Waals surface area contributed by atoms with Gasteiger partial charge in [-0.15, -0.1) is 0 Å². The van der Waals surface area contributed by atoms with Gasteiger partial charge in [0.25, 0.3) is 0 Å². The molecular weight excluding hydrogens is 238 g/mol. The predicted molar refractivity (Wildman–Crippen MR) is 78.9 cm³/mol. The normalized spacial score (nSPS) is 14.1. The second-order valence-electron chi connectivity index (χ2n) is 6.78. The van der Waals surface area contributed by atoms with Crippen LogP contribution in [0.3, 0.4) is 0 Å². The fraction of sp³-hybridized carbons (Fsp3) is 0.625. The minimum absolute atomic E-state index is 0.0484. The van der Waals surface area contributed by atoms with Crippen LogP contribution in [0.25, 0.3) is 0 Å². The number of nitrogens with zero attached hydrogens (tertiary/aromatic N) is 1. The fourth-order valence-electron chi connectivity index (χ4n) is 1.54. The Hall–Kier alpha value is -1.22. The van der Waals surface area contributed by atoms with Crippen LogP contribution < -0.4 is 10.1 Å². The first-order chi connectivity index (χ1) is 8.62. The molecule has 19 heavy (non-hydrogen) atoms. The molecule has 0 aliphatic heterocycles. The van der Waals surface area contributed by atoms with E-state index in [0.717, 1.165) is 11.4 Å². The zero-order chi connectivity index (χ0) is 14.7. The first-order valence-corrected chi connectivity index (χ1v) is 6.64. The molecule has 0 unspecified atom stereocenters. The van der Waals surface area contributed by atoms with E-state index in [4.69, 9.17) is 14.8 Å². The van der Waals surface area contributed by atoms with Crippen molar-refractivity contribution in [1.29, 1.82) is 0 Å². The maximum atomic E-state index is 6.06. The topological polar surface area (TPSA) is 32.6 Å². The maximum absolute atomic E-state index is 6.06. The van der Waals surface area contributed by atoms with Gasteiger partial charge in [-0.25, -0.2) is 0 Å². The number of rotatable bonds is 4. The van der Waals surface area contributed by atoms with Gasteiger partial charge in [0, 0.05) is 5.41 Å². The van der Waals surface area contributed by atoms with Gasteiger partial charge in [-0.05, 0) is 45.0 Å². The number of methoxy groups -OCH3 is 1. The highest BCUT2D eigenvalue weighted by Crippen LogP contribution is 2.28. The van der Waals surface area contributed by atoms with E-state index in [1.165, 1.54) is 0 Å². The van der Waals surface area contributed by atoms with E-state index < -0.39 is 0 Å². The van der Waals surface area contributed by atoms with Crippen molar-refractivity contribution in [3.8, 4) is 5.75 Å². The molecule has 0 aromatic heterocycles. The van der Waals surface area contributed by atoms with Crippen molar-refractivity contribution in [2.75, 3.05) is 7.11 Å². The van der Waals surface area contributed by atoms with E-state index in [0.29, 0.717) is 0 Å². The summed E-state index contributed by atoms with van der Waals surface area (Å²) in [5.41, 5.74) is 0.645. The lowest BCUT2D eigenvalue weighted by atomic mass is 9.93. The summed E-state index contributed by atoms with van der Waals surface area (Å²) in [6.07, 6.45) is -0.180. The highest BCUT2D eigenvalue weighted by Gasteiger charge is 2.30. The zero-order valence-corrected chi connectivity index (χ0v) is 13.2. The molecule has 0 amide bonds. The van der Waals surface area contributed by atoms with Crippen molar-refractivity contribution in [1.82, 2.24) is 5.32 Å². The van der Waals surface area contributed by atoms with Gasteiger partial charge in [0.1, 0.15) is 5.75 Å². The van der Waals surface area contributed by atoms with E-state index in [1.54, 1.807) is 7.11 Å². The number of ether oxygens (including phenoxy) is 2. The smallest absolute Gasteiger partial charge is 0.154 e. The first kappa shape index (κ1) is 15.8. The van der Waals surface area contributed by atoms with Crippen LogP contribution in [0, 0.1) is 5.41 Å². The van der Waals surface area contributed by atoms with Gasteiger partial charge in [-0.2, -0.15) is 0 Å². The van der Waals surface area contributed by atoms with E-state index in [9.17, 15) is 0 Å². The Morgan fingerprint density at radius 1 is 0.947 bits per heavy atom. The van der Waals surface area contributed by atoms with Gasteiger partial charge in [0.15, 0.2) is 6.23 Å². The molecule has 1 atom stereocenters. The summed E-state index contributed by atoms with van der Waals surface area (Å²) in [4.78, 5) is 0. The van der Waals surface area contributed by atoms with Gasteiger partial charge >= 0.3 is 0 Å². The fourth-order valence-corrected chi connectivity index (χ4v) is 1.54. The minimum Gasteiger partial charge on any atom is -0.497 e. The third-order valence-electron chi connectivity index (χ3n) is 2.54. The van der Waals surface area contributed by atoms with E-state index in [-0.39, 0.29) is 17.2 Å². The molecule has 1 rings (SSSR count). The molecular formula is C16H26NO2. The quantitative estimate of drug-likeness (QED) is 0.819.